The first-order valence-electron chi connectivity index (χ1n) is 11.6. The van der Waals surface area contributed by atoms with Crippen molar-refractivity contribution >= 4 is 11.6 Å². The van der Waals surface area contributed by atoms with Gasteiger partial charge in [0.2, 0.25) is 0 Å². The number of aliphatic imine (C=N–C) groups is 1. The monoisotopic (exact) mass is 434 g/mol. The summed E-state index contributed by atoms with van der Waals surface area (Å²) in [7, 11) is 3.53. The van der Waals surface area contributed by atoms with Crippen LogP contribution in [0.4, 0.5) is 10.1 Å². The number of benzene rings is 1. The number of anilines is 1. The van der Waals surface area contributed by atoms with Gasteiger partial charge in [0.05, 0.1) is 12.3 Å². The van der Waals surface area contributed by atoms with E-state index in [1.165, 1.54) is 0 Å². The normalized spacial score (nSPS) is 19.6. The molecule has 0 amide bonds. The van der Waals surface area contributed by atoms with Crippen LogP contribution in [0.5, 0.6) is 0 Å². The van der Waals surface area contributed by atoms with Crippen molar-refractivity contribution in [2.45, 2.75) is 32.4 Å². The summed E-state index contributed by atoms with van der Waals surface area (Å²) in [6.07, 6.45) is 2.16. The van der Waals surface area contributed by atoms with E-state index in [1.807, 2.05) is 12.1 Å². The number of rotatable bonds is 8. The van der Waals surface area contributed by atoms with Crippen molar-refractivity contribution in [1.82, 2.24) is 20.4 Å². The molecule has 0 saturated carbocycles. The molecule has 174 valence electrons. The van der Waals surface area contributed by atoms with Gasteiger partial charge in [-0.1, -0.05) is 13.0 Å². The molecule has 0 aliphatic carbocycles. The van der Waals surface area contributed by atoms with Crippen molar-refractivity contribution in [2.24, 2.45) is 4.99 Å². The molecule has 1 aromatic carbocycles. The molecule has 0 bridgehead atoms. The molecule has 7 nitrogen and oxygen atoms in total. The number of piperidine rings is 1. The summed E-state index contributed by atoms with van der Waals surface area (Å²) < 4.78 is 19.9. The van der Waals surface area contributed by atoms with Crippen LogP contribution in [0.15, 0.2) is 23.2 Å². The molecule has 3 rings (SSSR count). The van der Waals surface area contributed by atoms with E-state index >= 15 is 0 Å². The number of nitrogens with zero attached hydrogens (tertiary/aromatic N) is 4. The van der Waals surface area contributed by atoms with Gasteiger partial charge in [-0.2, -0.15) is 0 Å². The maximum Gasteiger partial charge on any atom is 0.191 e. The lowest BCUT2D eigenvalue weighted by atomic mass is 10.1. The predicted octanol–water partition coefficient (Wildman–Crippen LogP) is 1.74. The number of piperazine rings is 1. The fourth-order valence-electron chi connectivity index (χ4n) is 4.32. The Morgan fingerprint density at radius 3 is 2.48 bits per heavy atom. The molecule has 2 aliphatic heterocycles. The van der Waals surface area contributed by atoms with Crippen LogP contribution in [0.2, 0.25) is 0 Å². The predicted molar refractivity (Wildman–Crippen MR) is 125 cm³/mol. The maximum atomic E-state index is 14.8. The zero-order valence-electron chi connectivity index (χ0n) is 19.4. The fourth-order valence-corrected chi connectivity index (χ4v) is 4.32. The highest BCUT2D eigenvalue weighted by Crippen LogP contribution is 2.22. The van der Waals surface area contributed by atoms with E-state index < -0.39 is 0 Å². The van der Waals surface area contributed by atoms with Crippen molar-refractivity contribution < 1.29 is 9.13 Å². The molecule has 0 atom stereocenters. The van der Waals surface area contributed by atoms with Crippen LogP contribution in [0.3, 0.4) is 0 Å². The molecule has 2 heterocycles. The van der Waals surface area contributed by atoms with E-state index in [0.717, 1.165) is 83.3 Å². The number of methoxy groups -OCH3 is 1. The van der Waals surface area contributed by atoms with E-state index in [9.17, 15) is 4.39 Å². The maximum absolute atomic E-state index is 14.8. The van der Waals surface area contributed by atoms with E-state index in [2.05, 4.69) is 37.2 Å². The van der Waals surface area contributed by atoms with Gasteiger partial charge in [-0.25, -0.2) is 4.39 Å². The molecule has 2 aliphatic rings. The highest BCUT2D eigenvalue weighted by molar-refractivity contribution is 5.80. The van der Waals surface area contributed by atoms with E-state index in [-0.39, 0.29) is 5.82 Å². The lowest BCUT2D eigenvalue weighted by molar-refractivity contribution is 0.128. The summed E-state index contributed by atoms with van der Waals surface area (Å²) in [5.41, 5.74) is 1.63. The third-order valence-corrected chi connectivity index (χ3v) is 6.40. The number of guanidine groups is 1. The number of hydrogen-bond acceptors (Lipinski definition) is 5. The van der Waals surface area contributed by atoms with Crippen LogP contribution in [0, 0.1) is 5.82 Å². The Bertz CT molecular complexity index is 699. The smallest absolute Gasteiger partial charge is 0.191 e. The molecule has 0 aromatic heterocycles. The Hall–Kier alpha value is -1.90. The minimum absolute atomic E-state index is 0.143. The summed E-state index contributed by atoms with van der Waals surface area (Å²) in [4.78, 5) is 11.3. The third-order valence-electron chi connectivity index (χ3n) is 6.40. The highest BCUT2D eigenvalue weighted by atomic mass is 19.1. The minimum Gasteiger partial charge on any atom is -0.383 e. The number of ether oxygens (including phenoxy) is 1. The second kappa shape index (κ2) is 12.2. The van der Waals surface area contributed by atoms with Crippen LogP contribution in [0.25, 0.3) is 0 Å². The van der Waals surface area contributed by atoms with Gasteiger partial charge in [-0.15, -0.1) is 0 Å². The molecule has 2 N–H and O–H groups in total. The van der Waals surface area contributed by atoms with Gasteiger partial charge in [0.15, 0.2) is 5.96 Å². The zero-order chi connectivity index (χ0) is 22.1. The quantitative estimate of drug-likeness (QED) is 0.480. The largest absolute Gasteiger partial charge is 0.383 e. The van der Waals surface area contributed by atoms with Crippen LogP contribution in [-0.2, 0) is 11.3 Å². The van der Waals surface area contributed by atoms with Crippen molar-refractivity contribution in [1.29, 1.82) is 0 Å². The first-order valence-corrected chi connectivity index (χ1v) is 11.6. The summed E-state index contributed by atoms with van der Waals surface area (Å²) in [6.45, 7) is 11.4. The van der Waals surface area contributed by atoms with Gasteiger partial charge in [0.1, 0.15) is 5.82 Å². The van der Waals surface area contributed by atoms with Gasteiger partial charge in [-0.3, -0.25) is 4.99 Å². The van der Waals surface area contributed by atoms with Crippen molar-refractivity contribution in [2.75, 3.05) is 78.0 Å². The summed E-state index contributed by atoms with van der Waals surface area (Å²) >= 11 is 0. The molecular weight excluding hydrogens is 395 g/mol. The van der Waals surface area contributed by atoms with Crippen molar-refractivity contribution in [3.63, 3.8) is 0 Å². The number of likely N-dealkylation sites (N-methyl/N-ethyl adjacent to an activating group) is 1. The molecular formula is C23H39FN6O. The standard InChI is InChI=1S/C23H39FN6O/c1-4-28-11-13-30(14-12-28)22-6-5-19(17-21(22)24)18-26-23(25-2)27-20-7-9-29(10-8-20)15-16-31-3/h5-6,17,20H,4,7-16,18H2,1-3H3,(H2,25,26,27). The molecule has 2 saturated heterocycles. The van der Waals surface area contributed by atoms with Crippen LogP contribution in [0.1, 0.15) is 25.3 Å². The Labute approximate surface area is 186 Å². The van der Waals surface area contributed by atoms with E-state index in [0.29, 0.717) is 18.3 Å². The number of likely N-dealkylation sites (tertiary alicyclic amines) is 1. The molecule has 2 fully saturated rings. The van der Waals surface area contributed by atoms with Gasteiger partial charge in [0.25, 0.3) is 0 Å². The molecule has 31 heavy (non-hydrogen) atoms. The third kappa shape index (κ3) is 7.05. The number of nitrogens with one attached hydrogen (secondary N) is 2. The summed E-state index contributed by atoms with van der Waals surface area (Å²) in [5, 5.41) is 6.85. The average Bonchev–Trinajstić information content (AvgIpc) is 2.81. The second-order valence-electron chi connectivity index (χ2n) is 8.39. The van der Waals surface area contributed by atoms with Crippen LogP contribution >= 0.6 is 0 Å². The molecule has 0 spiro atoms. The molecule has 0 unspecified atom stereocenters. The number of hydrogen-bond donors (Lipinski definition) is 2. The van der Waals surface area contributed by atoms with Gasteiger partial charge in [-0.05, 0) is 37.1 Å². The van der Waals surface area contributed by atoms with E-state index in [4.69, 9.17) is 4.74 Å². The Balaban J connectivity index is 1.45. The number of halogens is 1. The van der Waals surface area contributed by atoms with Gasteiger partial charge in [0, 0.05) is 72.6 Å². The SMILES string of the molecule is CCN1CCN(c2ccc(CNC(=NC)NC3CCN(CCOC)CC3)cc2F)CC1. The zero-order valence-corrected chi connectivity index (χ0v) is 19.4. The van der Waals surface area contributed by atoms with Crippen LogP contribution in [-0.4, -0.2) is 94.9 Å². The van der Waals surface area contributed by atoms with Crippen molar-refractivity contribution in [3.8, 4) is 0 Å². The molecule has 0 radical (unpaired) electrons. The lowest BCUT2D eigenvalue weighted by Crippen LogP contribution is -2.48. The fraction of sp³-hybridized carbons (Fsp3) is 0.696. The first-order chi connectivity index (χ1) is 15.1. The van der Waals surface area contributed by atoms with Gasteiger partial charge >= 0.3 is 0 Å². The average molecular weight is 435 g/mol. The lowest BCUT2D eigenvalue weighted by Gasteiger charge is -2.35. The van der Waals surface area contributed by atoms with Crippen molar-refractivity contribution in [3.05, 3.63) is 29.6 Å². The second-order valence-corrected chi connectivity index (χ2v) is 8.39. The molecule has 8 heteroatoms. The van der Waals surface area contributed by atoms with E-state index in [1.54, 1.807) is 20.2 Å². The minimum atomic E-state index is -0.143. The Morgan fingerprint density at radius 1 is 1.13 bits per heavy atom. The Kier molecular flexibility index (Phi) is 9.36. The topological polar surface area (TPSA) is 55.4 Å². The summed E-state index contributed by atoms with van der Waals surface area (Å²) in [6, 6.07) is 5.99. The first kappa shape index (κ1) is 23.8. The summed E-state index contributed by atoms with van der Waals surface area (Å²) in [5.74, 6) is 0.631. The van der Waals surface area contributed by atoms with Crippen LogP contribution < -0.4 is 15.5 Å². The van der Waals surface area contributed by atoms with Gasteiger partial charge < -0.3 is 30.1 Å². The Morgan fingerprint density at radius 2 is 1.87 bits per heavy atom. The highest BCUT2D eigenvalue weighted by Gasteiger charge is 2.20. The molecule has 1 aromatic rings.